The monoisotopic (exact) mass is 287 g/mol. The first-order chi connectivity index (χ1) is 7.11. The Bertz CT molecular complexity index is 517. The minimum Gasteiger partial charge on any atom is -0.477 e. The number of carbonyl (C=O) groups is 1. The summed E-state index contributed by atoms with van der Waals surface area (Å²) in [5, 5.41) is 14.3. The smallest absolute Gasteiger partial charge is 0.341 e. The van der Waals surface area contributed by atoms with Crippen LogP contribution >= 0.6 is 27.3 Å². The number of nitrogens with zero attached hydrogens (tertiary/aromatic N) is 1. The van der Waals surface area contributed by atoms with Crippen LogP contribution in [0.1, 0.15) is 15.9 Å². The highest BCUT2D eigenvalue weighted by atomic mass is 79.9. The molecule has 1 N–H and O–H groups in total. The first-order valence-electron chi connectivity index (χ1n) is 4.03. The Kier molecular flexibility index (Phi) is 2.62. The maximum absolute atomic E-state index is 10.9. The van der Waals surface area contributed by atoms with Gasteiger partial charge in [0.05, 0.1) is 11.1 Å². The largest absolute Gasteiger partial charge is 0.477 e. The summed E-state index contributed by atoms with van der Waals surface area (Å²) in [6, 6.07) is 0. The fourth-order valence-electron chi connectivity index (χ4n) is 1.14. The second-order valence-corrected chi connectivity index (χ2v) is 4.61. The molecule has 15 heavy (non-hydrogen) atoms. The number of aromatic carboxylic acids is 1. The Morgan fingerprint density at radius 2 is 2.40 bits per heavy atom. The van der Waals surface area contributed by atoms with Crippen molar-refractivity contribution in [2.24, 2.45) is 0 Å². The molecule has 0 radical (unpaired) electrons. The van der Waals surface area contributed by atoms with Gasteiger partial charge in [0.1, 0.15) is 5.56 Å². The van der Waals surface area contributed by atoms with Crippen LogP contribution in [0.3, 0.4) is 0 Å². The molecule has 0 aliphatic rings. The number of halogens is 1. The lowest BCUT2D eigenvalue weighted by Gasteiger charge is -1.94. The second kappa shape index (κ2) is 3.79. The number of carboxylic acids is 1. The van der Waals surface area contributed by atoms with Gasteiger partial charge in [0.15, 0.2) is 5.76 Å². The van der Waals surface area contributed by atoms with E-state index in [1.165, 1.54) is 17.5 Å². The average molecular weight is 288 g/mol. The number of thiophene rings is 1. The van der Waals surface area contributed by atoms with E-state index in [1.807, 2.05) is 12.3 Å². The van der Waals surface area contributed by atoms with Crippen molar-refractivity contribution in [3.8, 4) is 10.6 Å². The third kappa shape index (κ3) is 1.70. The Labute approximate surface area is 97.6 Å². The number of aromatic nitrogens is 1. The van der Waals surface area contributed by atoms with E-state index in [2.05, 4.69) is 21.1 Å². The summed E-state index contributed by atoms with van der Waals surface area (Å²) < 4.78 is 5.81. The molecule has 0 amide bonds. The van der Waals surface area contributed by atoms with Crippen LogP contribution in [0.2, 0.25) is 0 Å². The van der Waals surface area contributed by atoms with Gasteiger partial charge < -0.3 is 9.63 Å². The van der Waals surface area contributed by atoms with Gasteiger partial charge in [0, 0.05) is 4.47 Å². The quantitative estimate of drug-likeness (QED) is 0.921. The first kappa shape index (κ1) is 10.4. The van der Waals surface area contributed by atoms with E-state index in [0.29, 0.717) is 5.76 Å². The van der Waals surface area contributed by atoms with Gasteiger partial charge in [0.25, 0.3) is 0 Å². The van der Waals surface area contributed by atoms with Crippen molar-refractivity contribution in [2.75, 3.05) is 0 Å². The minimum absolute atomic E-state index is 0.0811. The molecule has 0 bridgehead atoms. The fourth-order valence-corrected chi connectivity index (χ4v) is 2.80. The van der Waals surface area contributed by atoms with E-state index in [9.17, 15) is 4.79 Å². The summed E-state index contributed by atoms with van der Waals surface area (Å²) >= 11 is 4.81. The van der Waals surface area contributed by atoms with Crippen molar-refractivity contribution < 1.29 is 14.4 Å². The van der Waals surface area contributed by atoms with E-state index in [-0.39, 0.29) is 5.56 Å². The summed E-state index contributed by atoms with van der Waals surface area (Å²) in [4.78, 5) is 11.6. The molecule has 0 atom stereocenters. The van der Waals surface area contributed by atoms with Gasteiger partial charge in [-0.1, -0.05) is 5.16 Å². The summed E-state index contributed by atoms with van der Waals surface area (Å²) in [5.74, 6) is -0.739. The lowest BCUT2D eigenvalue weighted by Crippen LogP contribution is -1.95. The van der Waals surface area contributed by atoms with Crippen LogP contribution in [0.25, 0.3) is 10.6 Å². The molecule has 2 aromatic heterocycles. The number of aryl methyl sites for hydroxylation is 1. The predicted octanol–water partition coefficient (Wildman–Crippen LogP) is 3.17. The SMILES string of the molecule is Cc1csc(-c2oncc2C(=O)O)c1Br. The lowest BCUT2D eigenvalue weighted by atomic mass is 10.2. The van der Waals surface area contributed by atoms with Gasteiger partial charge in [-0.2, -0.15) is 0 Å². The Morgan fingerprint density at radius 3 is 2.93 bits per heavy atom. The Hall–Kier alpha value is -1.14. The zero-order valence-corrected chi connectivity index (χ0v) is 10.1. The molecule has 6 heteroatoms. The van der Waals surface area contributed by atoms with Gasteiger partial charge in [-0.3, -0.25) is 0 Å². The molecule has 2 heterocycles. The molecule has 0 aliphatic carbocycles. The van der Waals surface area contributed by atoms with E-state index in [1.54, 1.807) is 0 Å². The molecule has 0 fully saturated rings. The van der Waals surface area contributed by atoms with Gasteiger partial charge >= 0.3 is 5.97 Å². The average Bonchev–Trinajstić information content (AvgIpc) is 2.75. The standard InChI is InChI=1S/C9H6BrNO3S/c1-4-3-15-8(6(4)10)7-5(9(12)13)2-11-14-7/h2-3H,1H3,(H,12,13). The molecule has 78 valence electrons. The summed E-state index contributed by atoms with van der Waals surface area (Å²) in [7, 11) is 0. The zero-order valence-electron chi connectivity index (χ0n) is 7.65. The number of hydrogen-bond acceptors (Lipinski definition) is 4. The number of carboxylic acid groups (broad SMARTS) is 1. The molecule has 0 unspecified atom stereocenters. The van der Waals surface area contributed by atoms with Crippen molar-refractivity contribution in [3.05, 3.63) is 27.2 Å². The van der Waals surface area contributed by atoms with E-state index in [4.69, 9.17) is 9.63 Å². The summed E-state index contributed by atoms with van der Waals surface area (Å²) in [6.07, 6.45) is 1.21. The van der Waals surface area contributed by atoms with Gasteiger partial charge in [-0.05, 0) is 33.8 Å². The molecular weight excluding hydrogens is 282 g/mol. The third-order valence-corrected chi connectivity index (χ3v) is 4.29. The van der Waals surface area contributed by atoms with Crippen molar-refractivity contribution >= 4 is 33.2 Å². The maximum atomic E-state index is 10.9. The number of hydrogen-bond donors (Lipinski definition) is 1. The minimum atomic E-state index is -1.04. The Morgan fingerprint density at radius 1 is 1.67 bits per heavy atom. The van der Waals surface area contributed by atoms with Crippen LogP contribution in [0.4, 0.5) is 0 Å². The molecule has 2 rings (SSSR count). The lowest BCUT2D eigenvalue weighted by molar-refractivity contribution is 0.0697. The second-order valence-electron chi connectivity index (χ2n) is 2.94. The highest BCUT2D eigenvalue weighted by molar-refractivity contribution is 9.10. The topological polar surface area (TPSA) is 63.3 Å². The maximum Gasteiger partial charge on any atom is 0.341 e. The molecule has 0 saturated heterocycles. The van der Waals surface area contributed by atoms with Crippen molar-refractivity contribution in [3.63, 3.8) is 0 Å². The molecule has 2 aromatic rings. The van der Waals surface area contributed by atoms with Crippen LogP contribution in [0, 0.1) is 6.92 Å². The van der Waals surface area contributed by atoms with E-state index in [0.717, 1.165) is 14.9 Å². The normalized spacial score (nSPS) is 10.5. The molecule has 0 aromatic carbocycles. The highest BCUT2D eigenvalue weighted by Gasteiger charge is 2.20. The van der Waals surface area contributed by atoms with Crippen LogP contribution in [-0.4, -0.2) is 16.2 Å². The van der Waals surface area contributed by atoms with Crippen LogP contribution in [0.5, 0.6) is 0 Å². The van der Waals surface area contributed by atoms with Crippen LogP contribution in [0.15, 0.2) is 20.6 Å². The van der Waals surface area contributed by atoms with Gasteiger partial charge in [-0.15, -0.1) is 11.3 Å². The highest BCUT2D eigenvalue weighted by Crippen LogP contribution is 2.38. The van der Waals surface area contributed by atoms with Crippen LogP contribution < -0.4 is 0 Å². The van der Waals surface area contributed by atoms with Crippen molar-refractivity contribution in [1.29, 1.82) is 0 Å². The number of rotatable bonds is 2. The fraction of sp³-hybridized carbons (Fsp3) is 0.111. The third-order valence-electron chi connectivity index (χ3n) is 1.91. The molecule has 0 saturated carbocycles. The van der Waals surface area contributed by atoms with Gasteiger partial charge in [-0.25, -0.2) is 4.79 Å². The molecule has 4 nitrogen and oxygen atoms in total. The molecule has 0 spiro atoms. The van der Waals surface area contributed by atoms with Crippen molar-refractivity contribution in [1.82, 2.24) is 5.16 Å². The Balaban J connectivity index is 2.59. The molecule has 0 aliphatic heterocycles. The zero-order chi connectivity index (χ0) is 11.0. The summed E-state index contributed by atoms with van der Waals surface area (Å²) in [5.41, 5.74) is 1.13. The molecular formula is C9H6BrNO3S. The van der Waals surface area contributed by atoms with Crippen molar-refractivity contribution in [2.45, 2.75) is 6.92 Å². The predicted molar refractivity (Wildman–Crippen MR) is 59.2 cm³/mol. The first-order valence-corrected chi connectivity index (χ1v) is 5.70. The van der Waals surface area contributed by atoms with E-state index < -0.39 is 5.97 Å². The van der Waals surface area contributed by atoms with Gasteiger partial charge in [0.2, 0.25) is 0 Å². The van der Waals surface area contributed by atoms with E-state index >= 15 is 0 Å². The summed E-state index contributed by atoms with van der Waals surface area (Å²) in [6.45, 7) is 1.93. The van der Waals surface area contributed by atoms with Crippen LogP contribution in [-0.2, 0) is 0 Å².